The number of rotatable bonds is 14. The monoisotopic (exact) mass is 665 g/mol. The van der Waals surface area contributed by atoms with Crippen molar-refractivity contribution in [2.45, 2.75) is 45.3 Å². The summed E-state index contributed by atoms with van der Waals surface area (Å²) >= 11 is 3.66. The van der Waals surface area contributed by atoms with E-state index in [1.165, 1.54) is 47.3 Å². The van der Waals surface area contributed by atoms with Gasteiger partial charge in [0.2, 0.25) is 0 Å². The van der Waals surface area contributed by atoms with Crippen LogP contribution in [0.5, 0.6) is 5.75 Å². The molecular formula is C39H47N5OS2. The van der Waals surface area contributed by atoms with Gasteiger partial charge in [-0.1, -0.05) is 66.0 Å². The fourth-order valence-corrected chi connectivity index (χ4v) is 7.78. The maximum absolute atomic E-state index is 5.53. The SMILES string of the molecule is CNCCCc1ccccc1Sc1c[nH]c2ccc(N(C)C)cc12.CNCCCc1ccccc1Sc1c[nH]c2cccc(OC)c12. The molecular weight excluding hydrogens is 619 g/mol. The number of aromatic amines is 2. The van der Waals surface area contributed by atoms with E-state index in [0.717, 1.165) is 55.4 Å². The third-order valence-corrected chi connectivity index (χ3v) is 10.5. The molecule has 2 heterocycles. The summed E-state index contributed by atoms with van der Waals surface area (Å²) in [5.74, 6) is 0.916. The van der Waals surface area contributed by atoms with Gasteiger partial charge in [-0.15, -0.1) is 0 Å². The van der Waals surface area contributed by atoms with E-state index >= 15 is 0 Å². The second-order valence-electron chi connectivity index (χ2n) is 11.6. The van der Waals surface area contributed by atoms with E-state index in [4.69, 9.17) is 4.74 Å². The van der Waals surface area contributed by atoms with Crippen LogP contribution in [0.3, 0.4) is 0 Å². The van der Waals surface area contributed by atoms with Crippen molar-refractivity contribution in [2.75, 3.05) is 53.3 Å². The minimum absolute atomic E-state index is 0.916. The van der Waals surface area contributed by atoms with E-state index in [0.29, 0.717) is 0 Å². The highest BCUT2D eigenvalue weighted by atomic mass is 32.2. The van der Waals surface area contributed by atoms with E-state index < -0.39 is 0 Å². The number of methoxy groups -OCH3 is 1. The van der Waals surface area contributed by atoms with Gasteiger partial charge in [-0.3, -0.25) is 0 Å². The van der Waals surface area contributed by atoms with Gasteiger partial charge in [-0.2, -0.15) is 0 Å². The molecule has 4 N–H and O–H groups in total. The second kappa shape index (κ2) is 17.4. The molecule has 0 saturated carbocycles. The average Bonchev–Trinajstić information content (AvgIpc) is 3.70. The standard InChI is InChI=1S/C20H25N3S.C19H22N2OS/c1-21-12-6-8-15-7-4-5-9-19(15)24-20-14-22-18-11-10-16(23(2)3)13-17(18)20;1-20-12-6-8-14-7-3-4-11-17(14)23-18-13-21-15-9-5-10-16(22-2)19(15)18/h4-5,7,9-11,13-14,21-22H,6,8,12H2,1-3H3;3-5,7,9-11,13,20-21H,6,8,12H2,1-2H3. The zero-order valence-electron chi connectivity index (χ0n) is 28.2. The summed E-state index contributed by atoms with van der Waals surface area (Å²) < 4.78 is 5.53. The summed E-state index contributed by atoms with van der Waals surface area (Å²) in [6.45, 7) is 2.10. The number of nitrogens with zero attached hydrogens (tertiary/aromatic N) is 1. The van der Waals surface area contributed by atoms with E-state index in [2.05, 4.69) is 125 Å². The number of aryl methyl sites for hydroxylation is 2. The van der Waals surface area contributed by atoms with Gasteiger partial charge in [0.25, 0.3) is 0 Å². The molecule has 0 fully saturated rings. The van der Waals surface area contributed by atoms with Crippen LogP contribution in [0, 0.1) is 0 Å². The molecule has 0 aliphatic rings. The Morgan fingerprint density at radius 2 is 1.26 bits per heavy atom. The Bertz CT molecular complexity index is 1860. The van der Waals surface area contributed by atoms with Crippen molar-refractivity contribution in [1.29, 1.82) is 0 Å². The van der Waals surface area contributed by atoms with Gasteiger partial charge in [-0.25, -0.2) is 0 Å². The van der Waals surface area contributed by atoms with Crippen molar-refractivity contribution < 1.29 is 4.74 Å². The zero-order chi connectivity index (χ0) is 33.0. The Kier molecular flexibility index (Phi) is 12.8. The minimum Gasteiger partial charge on any atom is -0.496 e. The van der Waals surface area contributed by atoms with Crippen molar-refractivity contribution in [2.24, 2.45) is 0 Å². The first kappa shape index (κ1) is 34.5. The largest absolute Gasteiger partial charge is 0.496 e. The molecule has 246 valence electrons. The number of hydrogen-bond acceptors (Lipinski definition) is 6. The van der Waals surface area contributed by atoms with E-state index in [1.54, 1.807) is 18.9 Å². The summed E-state index contributed by atoms with van der Waals surface area (Å²) in [7, 11) is 9.89. The van der Waals surface area contributed by atoms with Crippen LogP contribution < -0.4 is 20.3 Å². The molecule has 0 aliphatic heterocycles. The molecule has 6 aromatic rings. The summed E-state index contributed by atoms with van der Waals surface area (Å²) in [5, 5.41) is 8.89. The minimum atomic E-state index is 0.916. The van der Waals surface area contributed by atoms with E-state index in [-0.39, 0.29) is 0 Å². The lowest BCUT2D eigenvalue weighted by Gasteiger charge is -2.13. The van der Waals surface area contributed by atoms with Crippen LogP contribution in [0.4, 0.5) is 5.69 Å². The number of H-pyrrole nitrogens is 2. The van der Waals surface area contributed by atoms with Gasteiger partial charge in [0.15, 0.2) is 0 Å². The summed E-state index contributed by atoms with van der Waals surface area (Å²) in [4.78, 5) is 14.0. The number of aromatic nitrogens is 2. The van der Waals surface area contributed by atoms with Gasteiger partial charge in [-0.05, 0) is 106 Å². The third-order valence-electron chi connectivity index (χ3n) is 8.13. The van der Waals surface area contributed by atoms with Gasteiger partial charge >= 0.3 is 0 Å². The van der Waals surface area contributed by atoms with Crippen molar-refractivity contribution in [3.63, 3.8) is 0 Å². The Morgan fingerprint density at radius 3 is 1.87 bits per heavy atom. The molecule has 0 saturated heterocycles. The summed E-state index contributed by atoms with van der Waals surface area (Å²) in [5.41, 5.74) is 6.36. The summed E-state index contributed by atoms with van der Waals surface area (Å²) in [6, 6.07) is 30.1. The predicted octanol–water partition coefficient (Wildman–Crippen LogP) is 9.02. The number of anilines is 1. The molecule has 0 radical (unpaired) electrons. The fourth-order valence-electron chi connectivity index (χ4n) is 5.59. The van der Waals surface area contributed by atoms with Crippen molar-refractivity contribution in [3.05, 3.63) is 108 Å². The Hall–Kier alpha value is -3.82. The Morgan fingerprint density at radius 1 is 0.660 bits per heavy atom. The number of benzene rings is 4. The molecule has 6 nitrogen and oxygen atoms in total. The molecule has 6 rings (SSSR count). The maximum atomic E-state index is 5.53. The van der Waals surface area contributed by atoms with Crippen molar-refractivity contribution in [3.8, 4) is 5.75 Å². The van der Waals surface area contributed by atoms with Crippen LogP contribution >= 0.6 is 23.5 Å². The summed E-state index contributed by atoms with van der Waals surface area (Å²) in [6.07, 6.45) is 8.69. The first-order chi connectivity index (χ1) is 23.0. The lowest BCUT2D eigenvalue weighted by atomic mass is 10.1. The molecule has 0 unspecified atom stereocenters. The number of hydrogen-bond donors (Lipinski definition) is 4. The molecule has 8 heteroatoms. The second-order valence-corrected chi connectivity index (χ2v) is 13.8. The lowest BCUT2D eigenvalue weighted by Crippen LogP contribution is -2.08. The van der Waals surface area contributed by atoms with Crippen LogP contribution in [-0.2, 0) is 12.8 Å². The highest BCUT2D eigenvalue weighted by Crippen LogP contribution is 2.40. The first-order valence-electron chi connectivity index (χ1n) is 16.3. The number of nitrogens with one attached hydrogen (secondary N) is 4. The lowest BCUT2D eigenvalue weighted by molar-refractivity contribution is 0.419. The Labute approximate surface area is 288 Å². The highest BCUT2D eigenvalue weighted by molar-refractivity contribution is 8.00. The fraction of sp³-hybridized carbons (Fsp3) is 0.282. The maximum Gasteiger partial charge on any atom is 0.129 e. The van der Waals surface area contributed by atoms with Crippen molar-refractivity contribution in [1.82, 2.24) is 20.6 Å². The van der Waals surface area contributed by atoms with Gasteiger partial charge in [0.1, 0.15) is 5.75 Å². The smallest absolute Gasteiger partial charge is 0.129 e. The zero-order valence-corrected chi connectivity index (χ0v) is 29.8. The van der Waals surface area contributed by atoms with Gasteiger partial charge in [0, 0.05) is 62.7 Å². The van der Waals surface area contributed by atoms with E-state index in [9.17, 15) is 0 Å². The molecule has 4 aromatic carbocycles. The molecule has 0 amide bonds. The van der Waals surface area contributed by atoms with Crippen LogP contribution in [0.1, 0.15) is 24.0 Å². The van der Waals surface area contributed by atoms with Gasteiger partial charge in [0.05, 0.1) is 18.0 Å². The predicted molar refractivity (Wildman–Crippen MR) is 203 cm³/mol. The van der Waals surface area contributed by atoms with Crippen LogP contribution in [0.2, 0.25) is 0 Å². The average molecular weight is 666 g/mol. The topological polar surface area (TPSA) is 68.1 Å². The highest BCUT2D eigenvalue weighted by Gasteiger charge is 2.13. The molecule has 2 aromatic heterocycles. The van der Waals surface area contributed by atoms with Crippen molar-refractivity contribution >= 4 is 51.0 Å². The van der Waals surface area contributed by atoms with Crippen LogP contribution in [0.25, 0.3) is 21.8 Å². The van der Waals surface area contributed by atoms with Gasteiger partial charge < -0.3 is 30.2 Å². The Balaban J connectivity index is 0.000000185. The molecule has 0 aliphatic carbocycles. The molecule has 47 heavy (non-hydrogen) atoms. The quantitative estimate of drug-likeness (QED) is 0.0871. The third kappa shape index (κ3) is 8.96. The normalized spacial score (nSPS) is 11.1. The van der Waals surface area contributed by atoms with Crippen LogP contribution in [-0.4, -0.2) is 58.4 Å². The van der Waals surface area contributed by atoms with E-state index in [1.807, 2.05) is 38.0 Å². The molecule has 0 spiro atoms. The number of ether oxygens (including phenoxy) is 1. The molecule has 0 bridgehead atoms. The van der Waals surface area contributed by atoms with Crippen LogP contribution in [0.15, 0.2) is 117 Å². The molecule has 0 atom stereocenters. The number of fused-ring (bicyclic) bond motifs is 2. The first-order valence-corrected chi connectivity index (χ1v) is 17.9.